The number of aliphatic hydroxyl groups is 1. The second kappa shape index (κ2) is 4.84. The third kappa shape index (κ3) is 3.44. The first kappa shape index (κ1) is 10.0. The van der Waals surface area contributed by atoms with Gasteiger partial charge in [-0.25, -0.2) is 0 Å². The number of aliphatic hydroxyl groups excluding tert-OH is 1. The molecule has 0 radical (unpaired) electrons. The van der Waals surface area contributed by atoms with Crippen molar-refractivity contribution in [1.29, 1.82) is 0 Å². The summed E-state index contributed by atoms with van der Waals surface area (Å²) in [6.07, 6.45) is -0.472. The molecule has 1 aromatic carbocycles. The molecule has 1 aromatic rings. The highest BCUT2D eigenvalue weighted by Crippen LogP contribution is 2.12. The van der Waals surface area contributed by atoms with Crippen LogP contribution >= 0.6 is 0 Å². The van der Waals surface area contributed by atoms with Gasteiger partial charge in [-0.15, -0.1) is 0 Å². The average Bonchev–Trinajstić information content (AvgIpc) is 2.14. The van der Waals surface area contributed by atoms with Gasteiger partial charge in [-0.1, -0.05) is 12.1 Å². The molecule has 0 aliphatic carbocycles. The van der Waals surface area contributed by atoms with Crippen molar-refractivity contribution < 1.29 is 15.6 Å². The fourth-order valence-corrected chi connectivity index (χ4v) is 0.981. The monoisotopic (exact) mass is 182 g/mol. The minimum Gasteiger partial charge on any atom is -0.491 e. The van der Waals surface area contributed by atoms with E-state index >= 15 is 0 Å². The molecule has 0 saturated heterocycles. The van der Waals surface area contributed by atoms with Crippen LogP contribution in [0.4, 0.5) is 0 Å². The largest absolute Gasteiger partial charge is 0.491 e. The molecule has 0 aromatic heterocycles. The van der Waals surface area contributed by atoms with Crippen molar-refractivity contribution in [2.24, 2.45) is 0 Å². The predicted octanol–water partition coefficient (Wildman–Crippen LogP) is -0.0234. The molecule has 0 fully saturated rings. The van der Waals surface area contributed by atoms with Crippen molar-refractivity contribution >= 4 is 0 Å². The average molecular weight is 182 g/mol. The first-order valence-corrected chi connectivity index (χ1v) is 4.39. The van der Waals surface area contributed by atoms with E-state index in [-0.39, 0.29) is 0 Å². The van der Waals surface area contributed by atoms with Gasteiger partial charge in [0.05, 0.1) is 0 Å². The molecule has 1 rings (SSSR count). The van der Waals surface area contributed by atoms with Gasteiger partial charge in [0.15, 0.2) is 0 Å². The number of hydrogen-bond acceptors (Lipinski definition) is 2. The van der Waals surface area contributed by atoms with Gasteiger partial charge in [0.1, 0.15) is 25.0 Å². The van der Waals surface area contributed by atoms with Crippen molar-refractivity contribution in [2.75, 3.05) is 13.2 Å². The summed E-state index contributed by atoms with van der Waals surface area (Å²) in [4.78, 5) is 0. The normalized spacial score (nSPS) is 12.5. The molecule has 0 bridgehead atoms. The smallest absolute Gasteiger partial charge is 0.136 e. The van der Waals surface area contributed by atoms with Gasteiger partial charge in [-0.2, -0.15) is 0 Å². The van der Waals surface area contributed by atoms with Crippen molar-refractivity contribution in [3.8, 4) is 5.75 Å². The predicted molar refractivity (Wildman–Crippen MR) is 50.4 cm³/mol. The quantitative estimate of drug-likeness (QED) is 0.687. The molecule has 1 atom stereocenters. The second-order valence-corrected chi connectivity index (χ2v) is 3.07. The Balaban J connectivity index is 2.45. The summed E-state index contributed by atoms with van der Waals surface area (Å²) in [5.41, 5.74) is 4.74. The van der Waals surface area contributed by atoms with E-state index in [1.54, 1.807) is 0 Å². The second-order valence-electron chi connectivity index (χ2n) is 3.07. The molecule has 0 spiro atoms. The number of quaternary nitrogens is 1. The van der Waals surface area contributed by atoms with Crippen LogP contribution in [-0.2, 0) is 0 Å². The molecular formula is C10H16NO2+. The Kier molecular flexibility index (Phi) is 3.73. The Morgan fingerprint density at radius 1 is 1.54 bits per heavy atom. The van der Waals surface area contributed by atoms with E-state index in [0.717, 1.165) is 11.3 Å². The van der Waals surface area contributed by atoms with Crippen LogP contribution in [0, 0.1) is 6.92 Å². The van der Waals surface area contributed by atoms with Gasteiger partial charge >= 0.3 is 0 Å². The first-order valence-electron chi connectivity index (χ1n) is 4.39. The Labute approximate surface area is 78.1 Å². The lowest BCUT2D eigenvalue weighted by Crippen LogP contribution is -2.56. The minimum atomic E-state index is -0.472. The first-order chi connectivity index (χ1) is 6.22. The highest BCUT2D eigenvalue weighted by Gasteiger charge is 2.03. The Morgan fingerprint density at radius 2 is 2.31 bits per heavy atom. The lowest BCUT2D eigenvalue weighted by atomic mass is 10.2. The Hall–Kier alpha value is -1.06. The Bertz CT molecular complexity index is 263. The number of aryl methyl sites for hydroxylation is 1. The molecule has 4 N–H and O–H groups in total. The zero-order chi connectivity index (χ0) is 9.68. The summed E-state index contributed by atoms with van der Waals surface area (Å²) in [5.74, 6) is 0.799. The maximum Gasteiger partial charge on any atom is 0.136 e. The van der Waals surface area contributed by atoms with Crippen LogP contribution in [0.1, 0.15) is 5.56 Å². The van der Waals surface area contributed by atoms with Gasteiger partial charge in [-0.05, 0) is 24.6 Å². The molecule has 0 amide bonds. The molecule has 3 heteroatoms. The van der Waals surface area contributed by atoms with Crippen molar-refractivity contribution in [3.63, 3.8) is 0 Å². The standard InChI is InChI=1S/C10H15NO2/c1-8-3-2-4-10(5-8)13-7-9(12)6-11/h2-5,9,12H,6-7,11H2,1H3/p+1/t9-/m1/s1. The highest BCUT2D eigenvalue weighted by atomic mass is 16.5. The van der Waals surface area contributed by atoms with Crippen LogP contribution in [0.3, 0.4) is 0 Å². The van der Waals surface area contributed by atoms with Crippen molar-refractivity contribution in [2.45, 2.75) is 13.0 Å². The van der Waals surface area contributed by atoms with Gasteiger partial charge in [0.2, 0.25) is 0 Å². The summed E-state index contributed by atoms with van der Waals surface area (Å²) in [6, 6.07) is 7.75. The van der Waals surface area contributed by atoms with E-state index in [4.69, 9.17) is 4.74 Å². The molecule has 0 saturated carbocycles. The van der Waals surface area contributed by atoms with Crippen LogP contribution in [0.5, 0.6) is 5.75 Å². The molecule has 0 unspecified atom stereocenters. The van der Waals surface area contributed by atoms with E-state index in [2.05, 4.69) is 5.73 Å². The van der Waals surface area contributed by atoms with E-state index in [9.17, 15) is 5.11 Å². The SMILES string of the molecule is Cc1cccc(OC[C@H](O)C[NH3+])c1. The molecule has 72 valence electrons. The number of ether oxygens (including phenoxy) is 1. The lowest BCUT2D eigenvalue weighted by molar-refractivity contribution is -0.384. The van der Waals surface area contributed by atoms with E-state index in [1.807, 2.05) is 31.2 Å². The molecule has 0 aliphatic rings. The molecule has 0 aliphatic heterocycles. The Morgan fingerprint density at radius 3 is 2.92 bits per heavy atom. The summed E-state index contributed by atoms with van der Waals surface area (Å²) in [6.45, 7) is 2.80. The minimum absolute atomic E-state index is 0.312. The van der Waals surface area contributed by atoms with Crippen molar-refractivity contribution in [1.82, 2.24) is 0 Å². The number of hydrogen-bond donors (Lipinski definition) is 2. The summed E-state index contributed by atoms with van der Waals surface area (Å²) < 4.78 is 5.35. The summed E-state index contributed by atoms with van der Waals surface area (Å²) in [5, 5.41) is 9.20. The van der Waals surface area contributed by atoms with Crippen LogP contribution < -0.4 is 10.5 Å². The fourth-order valence-electron chi connectivity index (χ4n) is 0.981. The number of rotatable bonds is 4. The fraction of sp³-hybridized carbons (Fsp3) is 0.400. The van der Waals surface area contributed by atoms with Gasteiger partial charge in [0, 0.05) is 0 Å². The number of benzene rings is 1. The van der Waals surface area contributed by atoms with Gasteiger partial charge in [0.25, 0.3) is 0 Å². The van der Waals surface area contributed by atoms with Crippen molar-refractivity contribution in [3.05, 3.63) is 29.8 Å². The highest BCUT2D eigenvalue weighted by molar-refractivity contribution is 5.27. The maximum absolute atomic E-state index is 9.20. The van der Waals surface area contributed by atoms with E-state index < -0.39 is 6.10 Å². The summed E-state index contributed by atoms with van der Waals surface area (Å²) >= 11 is 0. The van der Waals surface area contributed by atoms with Crippen LogP contribution in [0.2, 0.25) is 0 Å². The molecule has 13 heavy (non-hydrogen) atoms. The zero-order valence-corrected chi connectivity index (χ0v) is 7.86. The third-order valence-electron chi connectivity index (χ3n) is 1.77. The third-order valence-corrected chi connectivity index (χ3v) is 1.77. The zero-order valence-electron chi connectivity index (χ0n) is 7.86. The molecular weight excluding hydrogens is 166 g/mol. The summed E-state index contributed by atoms with van der Waals surface area (Å²) in [7, 11) is 0. The van der Waals surface area contributed by atoms with Crippen LogP contribution in [-0.4, -0.2) is 24.4 Å². The maximum atomic E-state index is 9.20. The topological polar surface area (TPSA) is 57.1 Å². The van der Waals surface area contributed by atoms with Crippen LogP contribution in [0.15, 0.2) is 24.3 Å². The van der Waals surface area contributed by atoms with Gasteiger partial charge in [-0.3, -0.25) is 0 Å². The van der Waals surface area contributed by atoms with Crippen LogP contribution in [0.25, 0.3) is 0 Å². The van der Waals surface area contributed by atoms with Gasteiger partial charge < -0.3 is 15.6 Å². The van der Waals surface area contributed by atoms with E-state index in [1.165, 1.54) is 0 Å². The van der Waals surface area contributed by atoms with E-state index in [0.29, 0.717) is 13.2 Å². The molecule has 3 nitrogen and oxygen atoms in total. The lowest BCUT2D eigenvalue weighted by Gasteiger charge is -2.08. The molecule has 0 heterocycles.